The lowest BCUT2D eigenvalue weighted by Gasteiger charge is -2.19. The summed E-state index contributed by atoms with van der Waals surface area (Å²) in [4.78, 5) is 13.7. The molecule has 1 fully saturated rings. The fraction of sp³-hybridized carbons (Fsp3) is 0.533. The molecule has 1 amide bonds. The molecule has 1 atom stereocenters. The van der Waals surface area contributed by atoms with Crippen molar-refractivity contribution in [2.24, 2.45) is 5.92 Å². The van der Waals surface area contributed by atoms with Gasteiger partial charge in [-0.3, -0.25) is 4.79 Å². The number of carbonyl (C=O) groups excluding carboxylic acids is 1. The molecule has 4 nitrogen and oxygen atoms in total. The first-order chi connectivity index (χ1) is 9.65. The van der Waals surface area contributed by atoms with E-state index in [1.165, 1.54) is 12.1 Å². The van der Waals surface area contributed by atoms with E-state index in [2.05, 4.69) is 5.32 Å². The third-order valence-electron chi connectivity index (χ3n) is 3.56. The fourth-order valence-corrected chi connectivity index (χ4v) is 2.25. The molecule has 0 aliphatic carbocycles. The maximum atomic E-state index is 12.7. The summed E-state index contributed by atoms with van der Waals surface area (Å²) in [6, 6.07) is 5.89. The van der Waals surface area contributed by atoms with E-state index >= 15 is 0 Å². The maximum Gasteiger partial charge on any atom is 0.222 e. The number of likely N-dealkylation sites (N-methyl/N-ethyl adjacent to an activating group) is 1. The Bertz CT molecular complexity index is 436. The van der Waals surface area contributed by atoms with Gasteiger partial charge in [0, 0.05) is 13.5 Å². The van der Waals surface area contributed by atoms with Gasteiger partial charge in [-0.05, 0) is 49.7 Å². The Morgan fingerprint density at radius 2 is 2.14 bits per heavy atom. The van der Waals surface area contributed by atoms with E-state index in [1.807, 2.05) is 0 Å². The van der Waals surface area contributed by atoms with E-state index in [-0.39, 0.29) is 24.1 Å². The molecule has 1 heterocycles. The van der Waals surface area contributed by atoms with Gasteiger partial charge in [-0.25, -0.2) is 4.39 Å². The molecular weight excluding hydrogens is 295 g/mol. The van der Waals surface area contributed by atoms with Gasteiger partial charge in [0.15, 0.2) is 0 Å². The summed E-state index contributed by atoms with van der Waals surface area (Å²) in [6.45, 7) is 2.90. The second-order valence-electron chi connectivity index (χ2n) is 5.18. The van der Waals surface area contributed by atoms with Crippen LogP contribution in [0.3, 0.4) is 0 Å². The van der Waals surface area contributed by atoms with Gasteiger partial charge in [-0.1, -0.05) is 0 Å². The van der Waals surface area contributed by atoms with Crippen molar-refractivity contribution in [3.8, 4) is 5.75 Å². The van der Waals surface area contributed by atoms with Crippen molar-refractivity contribution in [3.05, 3.63) is 30.1 Å². The second-order valence-corrected chi connectivity index (χ2v) is 5.18. The molecule has 1 aromatic carbocycles. The smallest absolute Gasteiger partial charge is 0.222 e. The predicted octanol–water partition coefficient (Wildman–Crippen LogP) is 2.08. The predicted molar refractivity (Wildman–Crippen MR) is 82.4 cm³/mol. The molecule has 1 N–H and O–H groups in total. The molecule has 1 aromatic rings. The maximum absolute atomic E-state index is 12.7. The van der Waals surface area contributed by atoms with Crippen LogP contribution in [-0.4, -0.2) is 44.1 Å². The standard InChI is InChI=1S/C15H21FN2O2.ClH/c1-18(15(19)10-12-6-7-17-11-12)8-9-20-14-4-2-13(16)3-5-14;/h2-5,12,17H,6-11H2,1H3;1H. The zero-order valence-corrected chi connectivity index (χ0v) is 13.0. The molecule has 0 bridgehead atoms. The number of hydrogen-bond acceptors (Lipinski definition) is 3. The molecule has 1 saturated heterocycles. The van der Waals surface area contributed by atoms with Crippen LogP contribution in [0.1, 0.15) is 12.8 Å². The first-order valence-corrected chi connectivity index (χ1v) is 6.98. The van der Waals surface area contributed by atoms with Crippen molar-refractivity contribution in [3.63, 3.8) is 0 Å². The number of amides is 1. The van der Waals surface area contributed by atoms with E-state index < -0.39 is 0 Å². The molecule has 6 heteroatoms. The van der Waals surface area contributed by atoms with Crippen molar-refractivity contribution in [1.82, 2.24) is 10.2 Å². The third kappa shape index (κ3) is 5.89. The largest absolute Gasteiger partial charge is 0.492 e. The molecule has 1 aliphatic heterocycles. The van der Waals surface area contributed by atoms with E-state index in [1.54, 1.807) is 24.1 Å². The van der Waals surface area contributed by atoms with Gasteiger partial charge in [0.2, 0.25) is 5.91 Å². The quantitative estimate of drug-likeness (QED) is 0.873. The molecule has 0 saturated carbocycles. The second kappa shape index (κ2) is 8.85. The summed E-state index contributed by atoms with van der Waals surface area (Å²) in [7, 11) is 1.79. The van der Waals surface area contributed by atoms with Gasteiger partial charge in [-0.15, -0.1) is 12.4 Å². The van der Waals surface area contributed by atoms with E-state index in [0.29, 0.717) is 31.2 Å². The highest BCUT2D eigenvalue weighted by molar-refractivity contribution is 5.85. The van der Waals surface area contributed by atoms with Crippen LogP contribution in [0.2, 0.25) is 0 Å². The molecule has 0 radical (unpaired) electrons. The van der Waals surface area contributed by atoms with Crippen LogP contribution in [0.4, 0.5) is 4.39 Å². The topological polar surface area (TPSA) is 41.6 Å². The van der Waals surface area contributed by atoms with Gasteiger partial charge in [-0.2, -0.15) is 0 Å². The van der Waals surface area contributed by atoms with Crippen molar-refractivity contribution in [2.75, 3.05) is 33.3 Å². The Labute approximate surface area is 131 Å². The zero-order chi connectivity index (χ0) is 14.4. The number of halogens is 2. The SMILES string of the molecule is CN(CCOc1ccc(F)cc1)C(=O)CC1CCNC1.Cl. The summed E-state index contributed by atoms with van der Waals surface area (Å²) in [6.07, 6.45) is 1.67. The van der Waals surface area contributed by atoms with Gasteiger partial charge in [0.1, 0.15) is 18.2 Å². The Morgan fingerprint density at radius 1 is 1.43 bits per heavy atom. The van der Waals surface area contributed by atoms with Crippen LogP contribution < -0.4 is 10.1 Å². The normalized spacial score (nSPS) is 17.1. The van der Waals surface area contributed by atoms with Crippen LogP contribution in [-0.2, 0) is 4.79 Å². The van der Waals surface area contributed by atoms with Crippen LogP contribution in [0.15, 0.2) is 24.3 Å². The highest BCUT2D eigenvalue weighted by Crippen LogP contribution is 2.14. The van der Waals surface area contributed by atoms with E-state index in [4.69, 9.17) is 4.74 Å². The Kier molecular flexibility index (Phi) is 7.47. The molecular formula is C15H22ClFN2O2. The number of carbonyl (C=O) groups is 1. The number of benzene rings is 1. The lowest BCUT2D eigenvalue weighted by molar-refractivity contribution is -0.131. The summed E-state index contributed by atoms with van der Waals surface area (Å²) < 4.78 is 18.2. The molecule has 1 unspecified atom stereocenters. The average Bonchev–Trinajstić information content (AvgIpc) is 2.93. The first-order valence-electron chi connectivity index (χ1n) is 6.98. The highest BCUT2D eigenvalue weighted by Gasteiger charge is 2.19. The Morgan fingerprint density at radius 3 is 2.76 bits per heavy atom. The van der Waals surface area contributed by atoms with Crippen molar-refractivity contribution in [1.29, 1.82) is 0 Å². The summed E-state index contributed by atoms with van der Waals surface area (Å²) in [5.74, 6) is 0.950. The van der Waals surface area contributed by atoms with Crippen LogP contribution in [0.5, 0.6) is 5.75 Å². The van der Waals surface area contributed by atoms with Gasteiger partial charge in [0.05, 0.1) is 6.54 Å². The third-order valence-corrected chi connectivity index (χ3v) is 3.56. The molecule has 0 spiro atoms. The molecule has 1 aliphatic rings. The summed E-state index contributed by atoms with van der Waals surface area (Å²) >= 11 is 0. The van der Waals surface area contributed by atoms with E-state index in [0.717, 1.165) is 19.5 Å². The van der Waals surface area contributed by atoms with Gasteiger partial charge in [0.25, 0.3) is 0 Å². The molecule has 118 valence electrons. The Balaban J connectivity index is 0.00000220. The number of hydrogen-bond donors (Lipinski definition) is 1. The number of nitrogens with one attached hydrogen (secondary N) is 1. The van der Waals surface area contributed by atoms with Gasteiger partial charge < -0.3 is 15.0 Å². The number of ether oxygens (including phenoxy) is 1. The monoisotopic (exact) mass is 316 g/mol. The van der Waals surface area contributed by atoms with Crippen molar-refractivity contribution >= 4 is 18.3 Å². The average molecular weight is 317 g/mol. The van der Waals surface area contributed by atoms with Crippen molar-refractivity contribution < 1.29 is 13.9 Å². The molecule has 2 rings (SSSR count). The summed E-state index contributed by atoms with van der Waals surface area (Å²) in [5, 5.41) is 3.26. The van der Waals surface area contributed by atoms with Crippen LogP contribution >= 0.6 is 12.4 Å². The molecule has 21 heavy (non-hydrogen) atoms. The number of nitrogens with zero attached hydrogens (tertiary/aromatic N) is 1. The Hall–Kier alpha value is -1.33. The minimum absolute atomic E-state index is 0. The zero-order valence-electron chi connectivity index (χ0n) is 12.2. The minimum atomic E-state index is -0.283. The first kappa shape index (κ1) is 17.7. The van der Waals surface area contributed by atoms with Gasteiger partial charge >= 0.3 is 0 Å². The lowest BCUT2D eigenvalue weighted by Crippen LogP contribution is -2.32. The van der Waals surface area contributed by atoms with E-state index in [9.17, 15) is 9.18 Å². The minimum Gasteiger partial charge on any atom is -0.492 e. The fourth-order valence-electron chi connectivity index (χ4n) is 2.25. The van der Waals surface area contributed by atoms with Crippen molar-refractivity contribution in [2.45, 2.75) is 12.8 Å². The van der Waals surface area contributed by atoms with Crippen LogP contribution in [0, 0.1) is 11.7 Å². The van der Waals surface area contributed by atoms with Crippen LogP contribution in [0.25, 0.3) is 0 Å². The lowest BCUT2D eigenvalue weighted by atomic mass is 10.0. The molecule has 0 aromatic heterocycles. The summed E-state index contributed by atoms with van der Waals surface area (Å²) in [5.41, 5.74) is 0. The number of rotatable bonds is 6. The highest BCUT2D eigenvalue weighted by atomic mass is 35.5.